The second-order valence-electron chi connectivity index (χ2n) is 5.91. The zero-order chi connectivity index (χ0) is 11.7. The SMILES string of the molecule is CCOC(=O)[C@@H]1C[C@H]2CC(=O)C3[C@]1(C)[C@]32C. The van der Waals surface area contributed by atoms with Crippen LogP contribution in [0.25, 0.3) is 0 Å². The maximum absolute atomic E-state index is 11.9. The van der Waals surface area contributed by atoms with Crippen molar-refractivity contribution in [2.24, 2.45) is 28.6 Å². The van der Waals surface area contributed by atoms with Gasteiger partial charge >= 0.3 is 5.97 Å². The Morgan fingerprint density at radius 3 is 2.62 bits per heavy atom. The number of esters is 1. The van der Waals surface area contributed by atoms with Gasteiger partial charge in [-0.1, -0.05) is 13.8 Å². The first kappa shape index (κ1) is 10.3. The van der Waals surface area contributed by atoms with Gasteiger partial charge in [-0.15, -0.1) is 0 Å². The van der Waals surface area contributed by atoms with Crippen LogP contribution in [0.1, 0.15) is 33.6 Å². The monoisotopic (exact) mass is 222 g/mol. The normalized spacial score (nSPS) is 52.7. The number of hydrogen-bond donors (Lipinski definition) is 0. The molecule has 1 unspecified atom stereocenters. The molecule has 0 aromatic rings. The van der Waals surface area contributed by atoms with Crippen molar-refractivity contribution in [2.75, 3.05) is 6.61 Å². The topological polar surface area (TPSA) is 43.4 Å². The van der Waals surface area contributed by atoms with E-state index in [2.05, 4.69) is 13.8 Å². The average Bonchev–Trinajstić information content (AvgIpc) is 2.53. The summed E-state index contributed by atoms with van der Waals surface area (Å²) >= 11 is 0. The summed E-state index contributed by atoms with van der Waals surface area (Å²) in [5.41, 5.74) is 0.000759. The van der Waals surface area contributed by atoms with Crippen LogP contribution in [0.15, 0.2) is 0 Å². The van der Waals surface area contributed by atoms with Gasteiger partial charge in [0.1, 0.15) is 5.78 Å². The highest BCUT2D eigenvalue weighted by Crippen LogP contribution is 2.85. The summed E-state index contributed by atoms with van der Waals surface area (Å²) < 4.78 is 5.14. The van der Waals surface area contributed by atoms with Crippen LogP contribution in [0.2, 0.25) is 0 Å². The molecule has 0 bridgehead atoms. The lowest BCUT2D eigenvalue weighted by molar-refractivity contribution is -0.150. The molecule has 3 fully saturated rings. The number of carbonyl (C=O) groups excluding carboxylic acids is 2. The van der Waals surface area contributed by atoms with Crippen molar-refractivity contribution in [2.45, 2.75) is 33.6 Å². The van der Waals surface area contributed by atoms with Crippen molar-refractivity contribution in [3.8, 4) is 0 Å². The summed E-state index contributed by atoms with van der Waals surface area (Å²) in [6.07, 6.45) is 1.54. The van der Waals surface area contributed by atoms with E-state index >= 15 is 0 Å². The van der Waals surface area contributed by atoms with Crippen LogP contribution in [-0.2, 0) is 14.3 Å². The Labute approximate surface area is 95.5 Å². The van der Waals surface area contributed by atoms with Gasteiger partial charge in [0.2, 0.25) is 0 Å². The van der Waals surface area contributed by atoms with Crippen molar-refractivity contribution in [3.63, 3.8) is 0 Å². The number of hydrogen-bond acceptors (Lipinski definition) is 3. The predicted octanol–water partition coefficient (Wildman–Crippen LogP) is 1.80. The summed E-state index contributed by atoms with van der Waals surface area (Å²) in [6, 6.07) is 0. The molecule has 3 aliphatic carbocycles. The largest absolute Gasteiger partial charge is 0.466 e. The molecule has 0 aromatic carbocycles. The van der Waals surface area contributed by atoms with Gasteiger partial charge in [-0.25, -0.2) is 0 Å². The zero-order valence-electron chi connectivity index (χ0n) is 10.1. The maximum atomic E-state index is 11.9. The van der Waals surface area contributed by atoms with Gasteiger partial charge < -0.3 is 4.74 Å². The van der Waals surface area contributed by atoms with E-state index in [1.54, 1.807) is 0 Å². The molecular weight excluding hydrogens is 204 g/mol. The summed E-state index contributed by atoms with van der Waals surface area (Å²) in [6.45, 7) is 6.56. The fraction of sp³-hybridized carbons (Fsp3) is 0.846. The highest BCUT2D eigenvalue weighted by molar-refractivity contribution is 5.93. The van der Waals surface area contributed by atoms with Crippen LogP contribution in [-0.4, -0.2) is 18.4 Å². The second-order valence-corrected chi connectivity index (χ2v) is 5.91. The van der Waals surface area contributed by atoms with E-state index in [0.29, 0.717) is 24.7 Å². The molecule has 0 spiro atoms. The van der Waals surface area contributed by atoms with Crippen LogP contribution >= 0.6 is 0 Å². The van der Waals surface area contributed by atoms with Crippen molar-refractivity contribution >= 4 is 11.8 Å². The molecule has 0 radical (unpaired) electrons. The van der Waals surface area contributed by atoms with Gasteiger partial charge in [-0.2, -0.15) is 0 Å². The van der Waals surface area contributed by atoms with E-state index in [4.69, 9.17) is 4.74 Å². The third-order valence-corrected chi connectivity index (χ3v) is 5.71. The maximum Gasteiger partial charge on any atom is 0.309 e. The number of carbonyl (C=O) groups is 2. The average molecular weight is 222 g/mol. The summed E-state index contributed by atoms with van der Waals surface area (Å²) in [5.74, 6) is 0.800. The fourth-order valence-electron chi connectivity index (χ4n) is 4.79. The summed E-state index contributed by atoms with van der Waals surface area (Å²) in [5, 5.41) is 0. The lowest BCUT2D eigenvalue weighted by Crippen LogP contribution is -2.25. The summed E-state index contributed by atoms with van der Waals surface area (Å²) in [4.78, 5) is 23.8. The first-order chi connectivity index (χ1) is 7.47. The first-order valence-corrected chi connectivity index (χ1v) is 6.17. The third kappa shape index (κ3) is 0.802. The lowest BCUT2D eigenvalue weighted by Gasteiger charge is -2.18. The number of ketones is 1. The minimum absolute atomic E-state index is 0.0427. The minimum Gasteiger partial charge on any atom is -0.466 e. The van der Waals surface area contributed by atoms with E-state index in [1.807, 2.05) is 6.92 Å². The van der Waals surface area contributed by atoms with Gasteiger partial charge in [0.15, 0.2) is 0 Å². The Kier molecular flexibility index (Phi) is 1.73. The van der Waals surface area contributed by atoms with Crippen molar-refractivity contribution in [3.05, 3.63) is 0 Å². The fourth-order valence-corrected chi connectivity index (χ4v) is 4.79. The highest BCUT2D eigenvalue weighted by Gasteiger charge is 2.86. The molecule has 3 rings (SSSR count). The Hall–Kier alpha value is -0.860. The van der Waals surface area contributed by atoms with Crippen molar-refractivity contribution in [1.82, 2.24) is 0 Å². The lowest BCUT2D eigenvalue weighted by atomic mass is 9.87. The molecule has 3 nitrogen and oxygen atoms in total. The minimum atomic E-state index is -0.0980. The van der Waals surface area contributed by atoms with Crippen LogP contribution in [0, 0.1) is 28.6 Å². The molecule has 0 saturated heterocycles. The molecule has 0 heterocycles. The Morgan fingerprint density at radius 1 is 1.44 bits per heavy atom. The molecular formula is C13H18O3. The van der Waals surface area contributed by atoms with E-state index < -0.39 is 0 Å². The molecule has 3 heteroatoms. The molecule has 0 aliphatic heterocycles. The van der Waals surface area contributed by atoms with E-state index in [-0.39, 0.29) is 28.6 Å². The van der Waals surface area contributed by atoms with Crippen LogP contribution in [0.4, 0.5) is 0 Å². The molecule has 3 saturated carbocycles. The molecule has 5 atom stereocenters. The number of fused-ring (bicyclic) bond motifs is 1. The van der Waals surface area contributed by atoms with Gasteiger partial charge in [-0.05, 0) is 30.1 Å². The predicted molar refractivity (Wildman–Crippen MR) is 57.6 cm³/mol. The van der Waals surface area contributed by atoms with Gasteiger partial charge in [-0.3, -0.25) is 9.59 Å². The molecule has 0 N–H and O–H groups in total. The standard InChI is InChI=1S/C13H18O3/c1-4-16-11(15)8-5-7-6-9(14)10-12(7,2)13(8,10)3/h7-8,10H,4-6H2,1-3H3/t7-,8-,10?,12-,13+/m0/s1. The Bertz CT molecular complexity index is 389. The highest BCUT2D eigenvalue weighted by atomic mass is 16.5. The van der Waals surface area contributed by atoms with Crippen LogP contribution in [0.3, 0.4) is 0 Å². The van der Waals surface area contributed by atoms with E-state index in [1.165, 1.54) is 0 Å². The second kappa shape index (κ2) is 2.69. The van der Waals surface area contributed by atoms with Gasteiger partial charge in [0.05, 0.1) is 12.5 Å². The Morgan fingerprint density at radius 2 is 2.12 bits per heavy atom. The quantitative estimate of drug-likeness (QED) is 0.669. The van der Waals surface area contributed by atoms with E-state index in [0.717, 1.165) is 6.42 Å². The van der Waals surface area contributed by atoms with E-state index in [9.17, 15) is 9.59 Å². The first-order valence-electron chi connectivity index (χ1n) is 6.17. The molecule has 88 valence electrons. The number of Topliss-reactive ketones (excluding diaryl/α,β-unsaturated/α-hetero) is 1. The smallest absolute Gasteiger partial charge is 0.309 e. The summed E-state index contributed by atoms with van der Waals surface area (Å²) in [7, 11) is 0. The van der Waals surface area contributed by atoms with Crippen molar-refractivity contribution in [1.29, 1.82) is 0 Å². The third-order valence-electron chi connectivity index (χ3n) is 5.71. The molecule has 16 heavy (non-hydrogen) atoms. The van der Waals surface area contributed by atoms with Crippen LogP contribution < -0.4 is 0 Å². The zero-order valence-corrected chi connectivity index (χ0v) is 10.1. The molecule has 3 aliphatic rings. The number of rotatable bonds is 2. The van der Waals surface area contributed by atoms with Crippen molar-refractivity contribution < 1.29 is 14.3 Å². The Balaban J connectivity index is 1.92. The van der Waals surface area contributed by atoms with Gasteiger partial charge in [0.25, 0.3) is 0 Å². The molecule has 0 aromatic heterocycles. The molecule has 0 amide bonds. The van der Waals surface area contributed by atoms with Gasteiger partial charge in [0, 0.05) is 12.3 Å². The van der Waals surface area contributed by atoms with Crippen LogP contribution in [0.5, 0.6) is 0 Å². The number of ether oxygens (including phenoxy) is 1.